The first-order valence-electron chi connectivity index (χ1n) is 16.0. The summed E-state index contributed by atoms with van der Waals surface area (Å²) in [6.45, 7) is 9.08. The fourth-order valence-electron chi connectivity index (χ4n) is 5.43. The average Bonchev–Trinajstić information content (AvgIpc) is 3.54. The molecule has 2 aliphatic heterocycles. The number of aliphatic hydroxyl groups excluding tert-OH is 1. The lowest BCUT2D eigenvalue weighted by molar-refractivity contribution is 0.0306. The number of pyridine rings is 1. The van der Waals surface area contributed by atoms with E-state index in [9.17, 15) is 4.39 Å². The normalized spacial score (nSPS) is 15.6. The summed E-state index contributed by atoms with van der Waals surface area (Å²) in [4.78, 5) is 8.83. The Morgan fingerprint density at radius 3 is 2.33 bits per heavy atom. The smallest absolute Gasteiger partial charge is 0.192 e. The Morgan fingerprint density at radius 1 is 0.833 bits per heavy atom. The standard InChI is InChI=1S/C28H27FN6O4.C6H13NO2/c1-36-20-3-4-21-24(17-20)30-9-8-25(21)39-18-28-32-31-27-7-5-23(33-35(27)28)19-2-6-26(22(29)16-19)38-15-12-34-10-13-37-14-11-34;8-4-1-7-2-5-9-6-3-7/h2-9,16-17H,10-15,18H2,1H3;8H,1-6H2. The summed E-state index contributed by atoms with van der Waals surface area (Å²) in [6, 6.07) is 15.8. The number of β-amino-alcohol motifs (C(OH)–C–C–N with tert-alkyl or cyclic N) is 1. The number of methoxy groups -OCH3 is 1. The molecule has 1 N–H and O–H groups in total. The molecule has 2 aromatic carbocycles. The van der Waals surface area contributed by atoms with Gasteiger partial charge in [0.2, 0.25) is 0 Å². The van der Waals surface area contributed by atoms with Crippen LogP contribution in [0.1, 0.15) is 5.82 Å². The lowest BCUT2D eigenvalue weighted by Gasteiger charge is -2.26. The van der Waals surface area contributed by atoms with Gasteiger partial charge >= 0.3 is 0 Å². The van der Waals surface area contributed by atoms with Crippen LogP contribution in [-0.2, 0) is 16.1 Å². The summed E-state index contributed by atoms with van der Waals surface area (Å²) in [5.41, 5.74) is 2.51. The zero-order valence-electron chi connectivity index (χ0n) is 27.0. The van der Waals surface area contributed by atoms with Crippen LogP contribution in [0.2, 0.25) is 0 Å². The van der Waals surface area contributed by atoms with Gasteiger partial charge in [0.15, 0.2) is 23.0 Å². The summed E-state index contributed by atoms with van der Waals surface area (Å²) < 4.78 is 44.0. The van der Waals surface area contributed by atoms with Crippen molar-refractivity contribution >= 4 is 16.6 Å². The molecule has 5 heterocycles. The molecule has 0 atom stereocenters. The minimum atomic E-state index is -0.440. The minimum absolute atomic E-state index is 0.132. The topological polar surface area (TPSA) is 129 Å². The minimum Gasteiger partial charge on any atom is -0.497 e. The number of benzene rings is 2. The Kier molecular flexibility index (Phi) is 11.5. The number of fused-ring (bicyclic) bond motifs is 2. The second-order valence-corrected chi connectivity index (χ2v) is 11.2. The van der Waals surface area contributed by atoms with Gasteiger partial charge in [0.05, 0.1) is 51.4 Å². The third-order valence-electron chi connectivity index (χ3n) is 8.11. The van der Waals surface area contributed by atoms with Crippen LogP contribution in [0.5, 0.6) is 17.2 Å². The van der Waals surface area contributed by atoms with E-state index in [1.165, 1.54) is 6.07 Å². The van der Waals surface area contributed by atoms with Crippen molar-refractivity contribution < 1.29 is 33.2 Å². The van der Waals surface area contributed by atoms with Crippen LogP contribution < -0.4 is 14.2 Å². The van der Waals surface area contributed by atoms with Crippen molar-refractivity contribution in [3.63, 3.8) is 0 Å². The van der Waals surface area contributed by atoms with Gasteiger partial charge < -0.3 is 28.8 Å². The molecule has 48 heavy (non-hydrogen) atoms. The highest BCUT2D eigenvalue weighted by molar-refractivity contribution is 5.85. The number of aliphatic hydroxyl groups is 1. The predicted octanol–water partition coefficient (Wildman–Crippen LogP) is 3.09. The van der Waals surface area contributed by atoms with E-state index in [1.54, 1.807) is 48.2 Å². The van der Waals surface area contributed by atoms with Gasteiger partial charge in [0.1, 0.15) is 24.7 Å². The first-order valence-corrected chi connectivity index (χ1v) is 16.0. The number of aromatic nitrogens is 5. The lowest BCUT2D eigenvalue weighted by atomic mass is 10.1. The van der Waals surface area contributed by atoms with Crippen LogP contribution >= 0.6 is 0 Å². The molecule has 0 radical (unpaired) electrons. The van der Waals surface area contributed by atoms with Crippen LogP contribution in [0.15, 0.2) is 60.8 Å². The molecule has 0 saturated carbocycles. The van der Waals surface area contributed by atoms with Gasteiger partial charge in [-0.1, -0.05) is 0 Å². The molecule has 254 valence electrons. The van der Waals surface area contributed by atoms with Gasteiger partial charge in [-0.05, 0) is 48.5 Å². The molecule has 0 bridgehead atoms. The number of rotatable bonds is 11. The zero-order chi connectivity index (χ0) is 33.1. The summed E-state index contributed by atoms with van der Waals surface area (Å²) >= 11 is 0. The Bertz CT molecular complexity index is 1780. The van der Waals surface area contributed by atoms with Crippen LogP contribution in [0.4, 0.5) is 4.39 Å². The molecule has 2 aliphatic rings. The fraction of sp³-hybridized carbons (Fsp3) is 0.412. The number of halogens is 1. The van der Waals surface area contributed by atoms with Gasteiger partial charge in [-0.2, -0.15) is 9.61 Å². The van der Waals surface area contributed by atoms with Crippen molar-refractivity contribution in [3.05, 3.63) is 72.4 Å². The third kappa shape index (κ3) is 8.51. The van der Waals surface area contributed by atoms with E-state index in [1.807, 2.05) is 18.2 Å². The van der Waals surface area contributed by atoms with Gasteiger partial charge in [-0.25, -0.2) is 4.39 Å². The number of morpholine rings is 2. The Hall–Kier alpha value is -4.47. The van der Waals surface area contributed by atoms with E-state index in [-0.39, 0.29) is 19.0 Å². The molecule has 2 fully saturated rings. The van der Waals surface area contributed by atoms with Crippen LogP contribution in [0.3, 0.4) is 0 Å². The van der Waals surface area contributed by atoms with E-state index in [2.05, 4.69) is 30.1 Å². The number of hydrogen-bond acceptors (Lipinski definition) is 12. The van der Waals surface area contributed by atoms with Crippen LogP contribution in [0.25, 0.3) is 27.8 Å². The molecule has 5 aromatic rings. The highest BCUT2D eigenvalue weighted by Gasteiger charge is 2.14. The summed E-state index contributed by atoms with van der Waals surface area (Å²) in [5, 5.41) is 22.5. The number of ether oxygens (including phenoxy) is 5. The maximum absolute atomic E-state index is 14.9. The second-order valence-electron chi connectivity index (χ2n) is 11.2. The highest BCUT2D eigenvalue weighted by atomic mass is 19.1. The van der Waals surface area contributed by atoms with Gasteiger partial charge in [0.25, 0.3) is 0 Å². The lowest BCUT2D eigenvalue weighted by Crippen LogP contribution is -2.38. The number of nitrogens with zero attached hydrogens (tertiary/aromatic N) is 7. The van der Waals surface area contributed by atoms with E-state index in [4.69, 9.17) is 28.8 Å². The molecule has 14 heteroatoms. The van der Waals surface area contributed by atoms with Crippen molar-refractivity contribution in [2.45, 2.75) is 6.61 Å². The van der Waals surface area contributed by atoms with E-state index in [0.29, 0.717) is 35.1 Å². The molecular formula is C34H40FN7O6. The Morgan fingerprint density at radius 2 is 1.60 bits per heavy atom. The summed E-state index contributed by atoms with van der Waals surface area (Å²) in [7, 11) is 1.61. The SMILES string of the molecule is COc1ccc2c(OCc3nnc4ccc(-c5ccc(OCCN6CCOCC6)c(F)c5)nn34)ccnc2c1.OCCN1CCOCC1. The van der Waals surface area contributed by atoms with Crippen molar-refractivity contribution in [2.75, 3.05) is 86.0 Å². The predicted molar refractivity (Wildman–Crippen MR) is 176 cm³/mol. The maximum Gasteiger partial charge on any atom is 0.192 e. The van der Waals surface area contributed by atoms with Crippen LogP contribution in [-0.4, -0.2) is 126 Å². The van der Waals surface area contributed by atoms with Crippen molar-refractivity contribution in [1.29, 1.82) is 0 Å². The quantitative estimate of drug-likeness (QED) is 0.223. The van der Waals surface area contributed by atoms with Crippen LogP contribution in [0, 0.1) is 5.82 Å². The monoisotopic (exact) mass is 661 g/mol. The average molecular weight is 662 g/mol. The summed E-state index contributed by atoms with van der Waals surface area (Å²) in [6.07, 6.45) is 1.68. The van der Waals surface area contributed by atoms with Crippen molar-refractivity contribution in [3.8, 4) is 28.5 Å². The highest BCUT2D eigenvalue weighted by Crippen LogP contribution is 2.28. The van der Waals surface area contributed by atoms with Crippen molar-refractivity contribution in [2.24, 2.45) is 0 Å². The van der Waals surface area contributed by atoms with Gasteiger partial charge in [-0.3, -0.25) is 14.8 Å². The molecule has 13 nitrogen and oxygen atoms in total. The first-order chi connectivity index (χ1) is 23.6. The molecule has 3 aromatic heterocycles. The molecule has 0 spiro atoms. The maximum atomic E-state index is 14.9. The van der Waals surface area contributed by atoms with E-state index >= 15 is 0 Å². The van der Waals surface area contributed by atoms with Gasteiger partial charge in [-0.15, -0.1) is 10.2 Å². The van der Waals surface area contributed by atoms with E-state index < -0.39 is 5.82 Å². The summed E-state index contributed by atoms with van der Waals surface area (Å²) in [5.74, 6) is 1.66. The van der Waals surface area contributed by atoms with Gasteiger partial charge in [0, 0.05) is 62.5 Å². The first kappa shape index (κ1) is 33.4. The van der Waals surface area contributed by atoms with Crippen molar-refractivity contribution in [1.82, 2.24) is 34.6 Å². The molecule has 2 saturated heterocycles. The zero-order valence-corrected chi connectivity index (χ0v) is 27.0. The molecular weight excluding hydrogens is 621 g/mol. The van der Waals surface area contributed by atoms with E-state index in [0.717, 1.165) is 82.3 Å². The molecule has 0 amide bonds. The number of hydrogen-bond donors (Lipinski definition) is 1. The molecule has 7 rings (SSSR count). The Labute approximate surface area is 277 Å². The third-order valence-corrected chi connectivity index (χ3v) is 8.11. The second kappa shape index (κ2) is 16.6. The Balaban J connectivity index is 0.000000388. The molecule has 0 unspecified atom stereocenters. The largest absolute Gasteiger partial charge is 0.497 e. The molecule has 0 aliphatic carbocycles. The fourth-order valence-corrected chi connectivity index (χ4v) is 5.43.